The highest BCUT2D eigenvalue weighted by Gasteiger charge is 2.13. The van der Waals surface area contributed by atoms with Crippen LogP contribution in [0.5, 0.6) is 0 Å². The van der Waals surface area contributed by atoms with Crippen LogP contribution in [0.25, 0.3) is 0 Å². The molecule has 0 aliphatic heterocycles. The second kappa shape index (κ2) is 7.74. The topological polar surface area (TPSA) is 59.8 Å². The summed E-state index contributed by atoms with van der Waals surface area (Å²) in [5.41, 5.74) is 0.890. The van der Waals surface area contributed by atoms with Gasteiger partial charge in [0.05, 0.1) is 6.54 Å². The van der Waals surface area contributed by atoms with E-state index in [1.165, 1.54) is 16.7 Å². The minimum Gasteiger partial charge on any atom is -0.365 e. The standard InChI is InChI=1S/C18H15BrF2N4O/c1-11-24-17(23-9-13-4-5-14(20)7-15(13)21)16(19)18(26)25(11)10-12-3-2-6-22-8-12/h2-8,23H,9-10H2,1H3. The van der Waals surface area contributed by atoms with Gasteiger partial charge in [-0.1, -0.05) is 12.1 Å². The fourth-order valence-corrected chi connectivity index (χ4v) is 2.90. The summed E-state index contributed by atoms with van der Waals surface area (Å²) in [4.78, 5) is 21.0. The molecule has 0 bridgehead atoms. The third kappa shape index (κ3) is 3.96. The summed E-state index contributed by atoms with van der Waals surface area (Å²) in [5, 5.41) is 2.92. The van der Waals surface area contributed by atoms with E-state index < -0.39 is 11.6 Å². The highest BCUT2D eigenvalue weighted by molar-refractivity contribution is 9.10. The molecule has 1 N–H and O–H groups in total. The van der Waals surface area contributed by atoms with Gasteiger partial charge in [0.1, 0.15) is 27.7 Å². The van der Waals surface area contributed by atoms with E-state index in [9.17, 15) is 13.6 Å². The largest absolute Gasteiger partial charge is 0.365 e. The van der Waals surface area contributed by atoms with Gasteiger partial charge in [-0.15, -0.1) is 0 Å². The minimum absolute atomic E-state index is 0.0726. The van der Waals surface area contributed by atoms with Gasteiger partial charge in [0.15, 0.2) is 0 Å². The first-order valence-corrected chi connectivity index (χ1v) is 8.58. The van der Waals surface area contributed by atoms with E-state index in [0.717, 1.165) is 11.6 Å². The van der Waals surface area contributed by atoms with Crippen molar-refractivity contribution in [1.82, 2.24) is 14.5 Å². The smallest absolute Gasteiger partial charge is 0.270 e. The average molecular weight is 421 g/mol. The highest BCUT2D eigenvalue weighted by Crippen LogP contribution is 2.18. The fraction of sp³-hybridized carbons (Fsp3) is 0.167. The lowest BCUT2D eigenvalue weighted by molar-refractivity contribution is 0.574. The second-order valence-electron chi connectivity index (χ2n) is 5.66. The number of nitrogens with one attached hydrogen (secondary N) is 1. The maximum atomic E-state index is 13.7. The van der Waals surface area contributed by atoms with Crippen molar-refractivity contribution in [2.24, 2.45) is 0 Å². The normalized spacial score (nSPS) is 10.8. The molecule has 2 heterocycles. The van der Waals surface area contributed by atoms with Gasteiger partial charge >= 0.3 is 0 Å². The minimum atomic E-state index is -0.657. The molecule has 0 spiro atoms. The molecule has 0 saturated heterocycles. The van der Waals surface area contributed by atoms with E-state index in [0.29, 0.717) is 18.2 Å². The first-order valence-electron chi connectivity index (χ1n) is 7.79. The van der Waals surface area contributed by atoms with Crippen LogP contribution in [-0.2, 0) is 13.1 Å². The Morgan fingerprint density at radius 3 is 2.77 bits per heavy atom. The number of anilines is 1. The van der Waals surface area contributed by atoms with Crippen LogP contribution in [0, 0.1) is 18.6 Å². The molecule has 0 unspecified atom stereocenters. The van der Waals surface area contributed by atoms with Crippen LogP contribution in [0.2, 0.25) is 0 Å². The predicted molar refractivity (Wildman–Crippen MR) is 98.0 cm³/mol. The van der Waals surface area contributed by atoms with Crippen LogP contribution in [-0.4, -0.2) is 14.5 Å². The van der Waals surface area contributed by atoms with Crippen molar-refractivity contribution in [2.45, 2.75) is 20.0 Å². The van der Waals surface area contributed by atoms with Crippen molar-refractivity contribution < 1.29 is 8.78 Å². The first-order chi connectivity index (χ1) is 12.5. The molecular formula is C18H15BrF2N4O. The number of nitrogens with zero attached hydrogens (tertiary/aromatic N) is 3. The summed E-state index contributed by atoms with van der Waals surface area (Å²) in [6.07, 6.45) is 3.35. The van der Waals surface area contributed by atoms with Gasteiger partial charge in [-0.05, 0) is 40.5 Å². The number of aromatic nitrogens is 3. The van der Waals surface area contributed by atoms with Crippen LogP contribution in [0.4, 0.5) is 14.6 Å². The SMILES string of the molecule is Cc1nc(NCc2ccc(F)cc2F)c(Br)c(=O)n1Cc1cccnc1. The Balaban J connectivity index is 1.84. The third-order valence-corrected chi connectivity index (χ3v) is 4.54. The maximum Gasteiger partial charge on any atom is 0.270 e. The number of hydrogen-bond donors (Lipinski definition) is 1. The van der Waals surface area contributed by atoms with Gasteiger partial charge < -0.3 is 5.32 Å². The molecule has 0 fully saturated rings. The molecule has 2 aromatic heterocycles. The Kier molecular flexibility index (Phi) is 5.41. The molecule has 26 heavy (non-hydrogen) atoms. The van der Waals surface area contributed by atoms with Crippen molar-refractivity contribution in [2.75, 3.05) is 5.32 Å². The number of benzene rings is 1. The summed E-state index contributed by atoms with van der Waals surface area (Å²) in [5.74, 6) is -0.488. The monoisotopic (exact) mass is 420 g/mol. The van der Waals surface area contributed by atoms with Crippen LogP contribution in [0.3, 0.4) is 0 Å². The lowest BCUT2D eigenvalue weighted by atomic mass is 10.2. The molecule has 0 saturated carbocycles. The fourth-order valence-electron chi connectivity index (χ4n) is 2.46. The Hall–Kier alpha value is -2.61. The Labute approximate surface area is 156 Å². The molecular weight excluding hydrogens is 406 g/mol. The van der Waals surface area contributed by atoms with Gasteiger partial charge in [0.2, 0.25) is 0 Å². The van der Waals surface area contributed by atoms with Crippen LogP contribution in [0.15, 0.2) is 52.0 Å². The third-order valence-electron chi connectivity index (χ3n) is 3.83. The van der Waals surface area contributed by atoms with Crippen molar-refractivity contribution in [1.29, 1.82) is 0 Å². The molecule has 0 radical (unpaired) electrons. The molecule has 5 nitrogen and oxygen atoms in total. The molecule has 134 valence electrons. The van der Waals surface area contributed by atoms with Gasteiger partial charge in [0, 0.05) is 30.6 Å². The molecule has 3 aromatic rings. The van der Waals surface area contributed by atoms with Gasteiger partial charge in [-0.2, -0.15) is 0 Å². The lowest BCUT2D eigenvalue weighted by Crippen LogP contribution is -2.26. The Morgan fingerprint density at radius 2 is 2.08 bits per heavy atom. The average Bonchev–Trinajstić information content (AvgIpc) is 2.63. The predicted octanol–water partition coefficient (Wildman–Crippen LogP) is 3.65. The number of hydrogen-bond acceptors (Lipinski definition) is 4. The van der Waals surface area contributed by atoms with Crippen molar-refractivity contribution in [3.05, 3.63) is 86.1 Å². The van der Waals surface area contributed by atoms with E-state index in [1.54, 1.807) is 25.4 Å². The number of rotatable bonds is 5. The zero-order valence-electron chi connectivity index (χ0n) is 13.8. The van der Waals surface area contributed by atoms with Crippen LogP contribution >= 0.6 is 15.9 Å². The molecule has 0 amide bonds. The van der Waals surface area contributed by atoms with Gasteiger partial charge in [-0.25, -0.2) is 13.8 Å². The van der Waals surface area contributed by atoms with Crippen molar-refractivity contribution in [3.63, 3.8) is 0 Å². The molecule has 0 aliphatic carbocycles. The quantitative estimate of drug-likeness (QED) is 0.684. The number of aryl methyl sites for hydroxylation is 1. The molecule has 0 atom stereocenters. The molecule has 3 rings (SSSR count). The van der Waals surface area contributed by atoms with E-state index >= 15 is 0 Å². The first kappa shape index (κ1) is 18.2. The Bertz CT molecular complexity index is 992. The molecule has 0 aliphatic rings. The van der Waals surface area contributed by atoms with Crippen molar-refractivity contribution in [3.8, 4) is 0 Å². The number of halogens is 3. The van der Waals surface area contributed by atoms with E-state index in [1.807, 2.05) is 6.07 Å². The second-order valence-corrected chi connectivity index (χ2v) is 6.46. The summed E-state index contributed by atoms with van der Waals surface area (Å²) < 4.78 is 28.5. The highest BCUT2D eigenvalue weighted by atomic mass is 79.9. The summed E-state index contributed by atoms with van der Waals surface area (Å²) in [6, 6.07) is 7.01. The molecule has 8 heteroatoms. The summed E-state index contributed by atoms with van der Waals surface area (Å²) in [7, 11) is 0. The summed E-state index contributed by atoms with van der Waals surface area (Å²) >= 11 is 3.25. The van der Waals surface area contributed by atoms with Crippen molar-refractivity contribution >= 4 is 21.7 Å². The lowest BCUT2D eigenvalue weighted by Gasteiger charge is -2.14. The van der Waals surface area contributed by atoms with Crippen LogP contribution in [0.1, 0.15) is 17.0 Å². The van der Waals surface area contributed by atoms with Gasteiger partial charge in [-0.3, -0.25) is 14.3 Å². The van der Waals surface area contributed by atoms with Gasteiger partial charge in [0.25, 0.3) is 5.56 Å². The summed E-state index contributed by atoms with van der Waals surface area (Å²) in [6.45, 7) is 2.13. The molecule has 1 aromatic carbocycles. The maximum absolute atomic E-state index is 13.7. The van der Waals surface area contributed by atoms with Crippen LogP contribution < -0.4 is 10.9 Å². The zero-order chi connectivity index (χ0) is 18.7. The van der Waals surface area contributed by atoms with E-state index in [4.69, 9.17) is 0 Å². The van der Waals surface area contributed by atoms with E-state index in [-0.39, 0.29) is 22.1 Å². The Morgan fingerprint density at radius 1 is 1.27 bits per heavy atom. The zero-order valence-corrected chi connectivity index (χ0v) is 15.4. The van der Waals surface area contributed by atoms with E-state index in [2.05, 4.69) is 31.2 Å². The number of pyridine rings is 1.